The van der Waals surface area contributed by atoms with Gasteiger partial charge in [0.2, 0.25) is 0 Å². The van der Waals surface area contributed by atoms with Crippen LogP contribution in [0.15, 0.2) is 0 Å². The number of carboxylic acid groups (broad SMARTS) is 2. The van der Waals surface area contributed by atoms with Crippen LogP contribution in [0, 0.1) is 5.41 Å². The van der Waals surface area contributed by atoms with Crippen molar-refractivity contribution in [2.75, 3.05) is 0 Å². The van der Waals surface area contributed by atoms with Crippen molar-refractivity contribution in [2.45, 2.75) is 31.5 Å². The predicted molar refractivity (Wildman–Crippen MR) is 53.4 cm³/mol. The van der Waals surface area contributed by atoms with Gasteiger partial charge in [-0.3, -0.25) is 19.2 Å². The number of rotatable bonds is 7. The van der Waals surface area contributed by atoms with Crippen LogP contribution in [-0.2, 0) is 28.7 Å². The fourth-order valence-electron chi connectivity index (χ4n) is 2.28. The zero-order valence-corrected chi connectivity index (χ0v) is 9.27. The monoisotopic (exact) mass is 260 g/mol. The topological polar surface area (TPSA) is 127 Å². The highest BCUT2D eigenvalue weighted by Gasteiger charge is 2.56. The van der Waals surface area contributed by atoms with Crippen molar-refractivity contribution < 1.29 is 38.9 Å². The molecule has 1 saturated carbocycles. The molecule has 1 rings (SSSR count). The van der Waals surface area contributed by atoms with Crippen LogP contribution in [0.5, 0.6) is 0 Å². The number of hydrogen-bond acceptors (Lipinski definition) is 6. The van der Waals surface area contributed by atoms with Gasteiger partial charge in [0.15, 0.2) is 0 Å². The molecule has 1 aliphatic rings. The molecule has 0 heterocycles. The number of carboxylic acids is 2. The van der Waals surface area contributed by atoms with E-state index in [-0.39, 0.29) is 25.8 Å². The van der Waals surface area contributed by atoms with Crippen LogP contribution in [0.4, 0.5) is 0 Å². The van der Waals surface area contributed by atoms with Gasteiger partial charge in [-0.05, 0) is 0 Å². The van der Waals surface area contributed by atoms with Crippen molar-refractivity contribution in [2.24, 2.45) is 5.41 Å². The molecular weight excluding hydrogens is 248 g/mol. The molecule has 100 valence electrons. The van der Waals surface area contributed by atoms with Gasteiger partial charge in [-0.1, -0.05) is 0 Å². The molecule has 0 radical (unpaired) electrons. The molecule has 2 N–H and O–H groups in total. The molecule has 0 aromatic rings. The Kier molecular flexibility index (Phi) is 4.24. The van der Waals surface area contributed by atoms with Crippen molar-refractivity contribution in [1.82, 2.24) is 0 Å². The number of carbonyl (C=O) groups excluding carboxylic acids is 2. The third kappa shape index (κ3) is 2.58. The largest absolute Gasteiger partial charge is 0.481 e. The van der Waals surface area contributed by atoms with Gasteiger partial charge >= 0.3 is 11.9 Å². The molecule has 8 nitrogen and oxygen atoms in total. The average Bonchev–Trinajstić information content (AvgIpc) is 2.58. The minimum absolute atomic E-state index is 0.0307. The first-order valence-corrected chi connectivity index (χ1v) is 5.09. The van der Waals surface area contributed by atoms with Crippen LogP contribution in [0.25, 0.3) is 0 Å². The van der Waals surface area contributed by atoms with Crippen molar-refractivity contribution in [3.8, 4) is 0 Å². The van der Waals surface area contributed by atoms with Gasteiger partial charge in [-0.15, -0.1) is 0 Å². The van der Waals surface area contributed by atoms with Gasteiger partial charge in [-0.25, -0.2) is 0 Å². The first-order chi connectivity index (χ1) is 8.46. The molecule has 0 bridgehead atoms. The molecule has 1 aliphatic carbocycles. The third-order valence-electron chi connectivity index (χ3n) is 3.05. The lowest BCUT2D eigenvalue weighted by Gasteiger charge is -2.27. The molecule has 18 heavy (non-hydrogen) atoms. The summed E-state index contributed by atoms with van der Waals surface area (Å²) in [5, 5.41) is 18.0. The molecule has 0 saturated heterocycles. The first-order valence-electron chi connectivity index (χ1n) is 5.09. The molecule has 0 aromatic heterocycles. The Labute approximate surface area is 101 Å². The molecule has 1 fully saturated rings. The van der Waals surface area contributed by atoms with E-state index in [4.69, 9.17) is 5.11 Å². The molecule has 8 heteroatoms. The Morgan fingerprint density at radius 3 is 2.28 bits per heavy atom. The summed E-state index contributed by atoms with van der Waals surface area (Å²) in [6.07, 6.45) is -2.85. The Balaban J connectivity index is 3.01. The van der Waals surface area contributed by atoms with Gasteiger partial charge in [0.1, 0.15) is 17.6 Å². The Hall–Kier alpha value is -2.12. The lowest BCUT2D eigenvalue weighted by molar-refractivity contribution is -0.166. The summed E-state index contributed by atoms with van der Waals surface area (Å²) in [6, 6.07) is 0. The summed E-state index contributed by atoms with van der Waals surface area (Å²) >= 11 is 0. The highest BCUT2D eigenvalue weighted by Crippen LogP contribution is 2.44. The number of ether oxygens (including phenoxy) is 2. The summed E-state index contributed by atoms with van der Waals surface area (Å²) < 4.78 is 9.27. The number of hydrogen-bond donors (Lipinski definition) is 2. The Bertz CT molecular complexity index is 365. The second-order valence-corrected chi connectivity index (χ2v) is 4.05. The SMILES string of the molecule is O=COC1CC(OC=O)C(CC(=O)O)(C(=O)O)C1. The number of carbonyl (C=O) groups is 4. The van der Waals surface area contributed by atoms with E-state index in [1.165, 1.54) is 0 Å². The standard InChI is InChI=1S/C10H12O8/c11-4-17-6-1-7(18-5-12)10(2-6,9(15)16)3-8(13)14/h4-7H,1-3H2,(H,13,14)(H,15,16). The van der Waals surface area contributed by atoms with Crippen molar-refractivity contribution in [3.63, 3.8) is 0 Å². The lowest BCUT2D eigenvalue weighted by atomic mass is 9.80. The van der Waals surface area contributed by atoms with E-state index in [2.05, 4.69) is 9.47 Å². The second-order valence-electron chi connectivity index (χ2n) is 4.05. The zero-order valence-electron chi connectivity index (χ0n) is 9.27. The minimum Gasteiger partial charge on any atom is -0.481 e. The average molecular weight is 260 g/mol. The fraction of sp³-hybridized carbons (Fsp3) is 0.600. The highest BCUT2D eigenvalue weighted by atomic mass is 16.5. The predicted octanol–water partition coefficient (Wildman–Crippen LogP) is -0.591. The summed E-state index contributed by atoms with van der Waals surface area (Å²) in [7, 11) is 0. The van der Waals surface area contributed by atoms with Crippen LogP contribution in [-0.4, -0.2) is 47.3 Å². The summed E-state index contributed by atoms with van der Waals surface area (Å²) in [4.78, 5) is 42.6. The summed E-state index contributed by atoms with van der Waals surface area (Å²) in [5.74, 6) is -2.72. The highest BCUT2D eigenvalue weighted by molar-refractivity contribution is 5.83. The lowest BCUT2D eigenvalue weighted by Crippen LogP contribution is -2.41. The van der Waals surface area contributed by atoms with Crippen LogP contribution in [0.3, 0.4) is 0 Å². The second kappa shape index (κ2) is 5.48. The first kappa shape index (κ1) is 13.9. The van der Waals surface area contributed by atoms with Gasteiger partial charge in [-0.2, -0.15) is 0 Å². The Morgan fingerprint density at radius 1 is 1.22 bits per heavy atom. The van der Waals surface area contributed by atoms with Crippen LogP contribution < -0.4 is 0 Å². The summed E-state index contributed by atoms with van der Waals surface area (Å²) in [5.41, 5.74) is -1.76. The fourth-order valence-corrected chi connectivity index (χ4v) is 2.28. The van der Waals surface area contributed by atoms with E-state index in [1.54, 1.807) is 0 Å². The molecule has 0 amide bonds. The van der Waals surface area contributed by atoms with Gasteiger partial charge < -0.3 is 19.7 Å². The molecule has 0 aliphatic heterocycles. The Morgan fingerprint density at radius 2 is 1.83 bits per heavy atom. The van der Waals surface area contributed by atoms with Crippen molar-refractivity contribution in [1.29, 1.82) is 0 Å². The smallest absolute Gasteiger partial charge is 0.314 e. The minimum atomic E-state index is -1.76. The maximum atomic E-state index is 11.3. The maximum absolute atomic E-state index is 11.3. The van der Waals surface area contributed by atoms with Gasteiger partial charge in [0, 0.05) is 12.8 Å². The van der Waals surface area contributed by atoms with Crippen LogP contribution in [0.2, 0.25) is 0 Å². The van der Waals surface area contributed by atoms with Crippen LogP contribution in [0.1, 0.15) is 19.3 Å². The zero-order chi connectivity index (χ0) is 13.8. The van der Waals surface area contributed by atoms with Gasteiger partial charge in [0.05, 0.1) is 6.42 Å². The molecule has 3 atom stereocenters. The van der Waals surface area contributed by atoms with E-state index in [1.807, 2.05) is 0 Å². The third-order valence-corrected chi connectivity index (χ3v) is 3.05. The van der Waals surface area contributed by atoms with E-state index in [9.17, 15) is 24.3 Å². The van der Waals surface area contributed by atoms with Crippen molar-refractivity contribution in [3.05, 3.63) is 0 Å². The van der Waals surface area contributed by atoms with E-state index in [0.29, 0.717) is 0 Å². The quantitative estimate of drug-likeness (QED) is 0.581. The molecule has 3 unspecified atom stereocenters. The van der Waals surface area contributed by atoms with E-state index < -0.39 is 36.0 Å². The van der Waals surface area contributed by atoms with E-state index in [0.717, 1.165) is 0 Å². The van der Waals surface area contributed by atoms with Crippen molar-refractivity contribution >= 4 is 24.9 Å². The van der Waals surface area contributed by atoms with Gasteiger partial charge in [0.25, 0.3) is 12.9 Å². The summed E-state index contributed by atoms with van der Waals surface area (Å²) in [6.45, 7) is 0.217. The van der Waals surface area contributed by atoms with Crippen LogP contribution >= 0.6 is 0 Å². The van der Waals surface area contributed by atoms with E-state index >= 15 is 0 Å². The molecular formula is C10H12O8. The molecule has 0 spiro atoms. The maximum Gasteiger partial charge on any atom is 0.314 e. The molecule has 0 aromatic carbocycles. The normalized spacial score (nSPS) is 30.4. The number of aliphatic carboxylic acids is 2.